The van der Waals surface area contributed by atoms with Crippen LogP contribution in [0.3, 0.4) is 0 Å². The van der Waals surface area contributed by atoms with Crippen LogP contribution in [0.5, 0.6) is 0 Å². The molecule has 1 aliphatic rings. The Balaban J connectivity index is 1.87. The quantitative estimate of drug-likeness (QED) is 0.750. The van der Waals surface area contributed by atoms with Crippen molar-refractivity contribution in [3.8, 4) is 0 Å². The highest BCUT2D eigenvalue weighted by Crippen LogP contribution is 2.49. The summed E-state index contributed by atoms with van der Waals surface area (Å²) in [4.78, 5) is 5.97. The number of thiol groups is 1. The number of para-hydroxylation sites is 1. The highest BCUT2D eigenvalue weighted by molar-refractivity contribution is 8.28. The Kier molecular flexibility index (Phi) is 3.14. The molecule has 0 aliphatic carbocycles. The second kappa shape index (κ2) is 4.79. The zero-order valence-electron chi connectivity index (χ0n) is 10.1. The Labute approximate surface area is 115 Å². The van der Waals surface area contributed by atoms with Gasteiger partial charge in [-0.15, -0.1) is 0 Å². The summed E-state index contributed by atoms with van der Waals surface area (Å²) in [6, 6.07) is 14.6. The van der Waals surface area contributed by atoms with E-state index in [1.54, 1.807) is 0 Å². The Morgan fingerprint density at radius 2 is 1.89 bits per heavy atom. The summed E-state index contributed by atoms with van der Waals surface area (Å²) in [6.07, 6.45) is 0. The van der Waals surface area contributed by atoms with Crippen LogP contribution in [0.4, 0.5) is 5.69 Å². The lowest BCUT2D eigenvalue weighted by Gasteiger charge is -2.14. The van der Waals surface area contributed by atoms with E-state index in [-0.39, 0.29) is 10.9 Å². The standard InChI is InChI=1S/C15H14ClNS/c1-11-3-2-4-14-15(11)17-10-18(14)9-12-5-7-13(16)8-6-12/h2-8,10,18H,9H2,1H3. The van der Waals surface area contributed by atoms with Crippen molar-refractivity contribution in [3.63, 3.8) is 0 Å². The van der Waals surface area contributed by atoms with E-state index >= 15 is 0 Å². The van der Waals surface area contributed by atoms with E-state index in [9.17, 15) is 0 Å². The molecule has 1 aliphatic heterocycles. The minimum atomic E-state index is -0.298. The average molecular weight is 276 g/mol. The molecule has 2 aromatic carbocycles. The van der Waals surface area contributed by atoms with Crippen molar-refractivity contribution in [1.82, 2.24) is 0 Å². The molecule has 2 aromatic rings. The smallest absolute Gasteiger partial charge is 0.0786 e. The number of hydrogen-bond acceptors (Lipinski definition) is 1. The van der Waals surface area contributed by atoms with Gasteiger partial charge in [0.1, 0.15) is 0 Å². The van der Waals surface area contributed by atoms with E-state index in [1.165, 1.54) is 21.7 Å². The maximum atomic E-state index is 5.91. The molecule has 0 aromatic heterocycles. The summed E-state index contributed by atoms with van der Waals surface area (Å²) < 4.78 is 0. The van der Waals surface area contributed by atoms with Gasteiger partial charge in [0.25, 0.3) is 0 Å². The summed E-state index contributed by atoms with van der Waals surface area (Å²) in [5.41, 5.74) is 5.90. The van der Waals surface area contributed by atoms with Crippen molar-refractivity contribution in [2.75, 3.05) is 0 Å². The van der Waals surface area contributed by atoms with Gasteiger partial charge in [0.05, 0.1) is 5.69 Å². The van der Waals surface area contributed by atoms with Gasteiger partial charge in [-0.05, 0) is 36.2 Å². The number of rotatable bonds is 2. The molecule has 0 fully saturated rings. The predicted molar refractivity (Wildman–Crippen MR) is 81.7 cm³/mol. The Morgan fingerprint density at radius 1 is 1.11 bits per heavy atom. The molecule has 3 heteroatoms. The lowest BCUT2D eigenvalue weighted by atomic mass is 10.2. The van der Waals surface area contributed by atoms with Crippen LogP contribution in [0.1, 0.15) is 11.1 Å². The molecule has 18 heavy (non-hydrogen) atoms. The third-order valence-electron chi connectivity index (χ3n) is 3.12. The fraction of sp³-hybridized carbons (Fsp3) is 0.133. The van der Waals surface area contributed by atoms with Crippen LogP contribution < -0.4 is 0 Å². The molecule has 92 valence electrons. The number of aryl methyl sites for hydroxylation is 1. The molecule has 0 N–H and O–H groups in total. The Bertz CT molecular complexity index is 604. The summed E-state index contributed by atoms with van der Waals surface area (Å²) >= 11 is 5.91. The van der Waals surface area contributed by atoms with Crippen molar-refractivity contribution in [3.05, 3.63) is 58.6 Å². The van der Waals surface area contributed by atoms with E-state index in [2.05, 4.69) is 47.8 Å². The zero-order chi connectivity index (χ0) is 12.5. The van der Waals surface area contributed by atoms with Crippen LogP contribution in [0, 0.1) is 6.92 Å². The first-order valence-corrected chi connectivity index (χ1v) is 7.86. The van der Waals surface area contributed by atoms with Crippen LogP contribution in [0.25, 0.3) is 0 Å². The molecule has 0 spiro atoms. The van der Waals surface area contributed by atoms with Gasteiger partial charge in [-0.1, -0.05) is 35.9 Å². The Morgan fingerprint density at radius 3 is 2.67 bits per heavy atom. The van der Waals surface area contributed by atoms with Gasteiger partial charge in [0, 0.05) is 21.2 Å². The Hall–Kier alpha value is -1.25. The lowest BCUT2D eigenvalue weighted by Crippen LogP contribution is -1.87. The predicted octanol–water partition coefficient (Wildman–Crippen LogP) is 4.88. The van der Waals surface area contributed by atoms with Crippen molar-refractivity contribution in [2.45, 2.75) is 17.6 Å². The van der Waals surface area contributed by atoms with Gasteiger partial charge < -0.3 is 0 Å². The summed E-state index contributed by atoms with van der Waals surface area (Å²) in [5.74, 6) is 1.05. The van der Waals surface area contributed by atoms with Crippen LogP contribution in [-0.4, -0.2) is 5.55 Å². The highest BCUT2D eigenvalue weighted by atomic mass is 35.5. The first-order chi connectivity index (χ1) is 8.74. The minimum absolute atomic E-state index is 0.298. The fourth-order valence-electron chi connectivity index (χ4n) is 2.15. The first-order valence-electron chi connectivity index (χ1n) is 5.89. The van der Waals surface area contributed by atoms with E-state index in [1.807, 2.05) is 12.1 Å². The largest absolute Gasteiger partial charge is 0.250 e. The topological polar surface area (TPSA) is 12.4 Å². The summed E-state index contributed by atoms with van der Waals surface area (Å²) in [5, 5.41) is 0.794. The highest BCUT2D eigenvalue weighted by Gasteiger charge is 2.16. The van der Waals surface area contributed by atoms with E-state index in [0.29, 0.717) is 0 Å². The normalized spacial score (nSPS) is 18.9. The maximum Gasteiger partial charge on any atom is 0.0786 e. The average Bonchev–Trinajstić information content (AvgIpc) is 2.77. The van der Waals surface area contributed by atoms with Crippen molar-refractivity contribution >= 4 is 33.7 Å². The van der Waals surface area contributed by atoms with E-state index < -0.39 is 0 Å². The van der Waals surface area contributed by atoms with Crippen molar-refractivity contribution in [1.29, 1.82) is 0 Å². The molecule has 1 unspecified atom stereocenters. The number of benzene rings is 2. The number of nitrogens with zero attached hydrogens (tertiary/aromatic N) is 1. The molecule has 1 atom stereocenters. The summed E-state index contributed by atoms with van der Waals surface area (Å²) in [7, 11) is -0.298. The lowest BCUT2D eigenvalue weighted by molar-refractivity contribution is 1.31. The molecule has 3 rings (SSSR count). The van der Waals surface area contributed by atoms with Crippen LogP contribution in [0.2, 0.25) is 5.02 Å². The fourth-order valence-corrected chi connectivity index (χ4v) is 4.29. The van der Waals surface area contributed by atoms with Gasteiger partial charge in [-0.25, -0.2) is 0 Å². The minimum Gasteiger partial charge on any atom is -0.250 e. The van der Waals surface area contributed by atoms with E-state index in [0.717, 1.165) is 10.8 Å². The second-order valence-corrected chi connectivity index (χ2v) is 6.85. The van der Waals surface area contributed by atoms with Gasteiger partial charge in [-0.3, -0.25) is 4.99 Å². The monoisotopic (exact) mass is 275 g/mol. The van der Waals surface area contributed by atoms with Crippen LogP contribution in [0.15, 0.2) is 52.4 Å². The number of aliphatic imine (C=N–C) groups is 1. The van der Waals surface area contributed by atoms with Gasteiger partial charge in [0.2, 0.25) is 0 Å². The van der Waals surface area contributed by atoms with Gasteiger partial charge >= 0.3 is 0 Å². The second-order valence-electron chi connectivity index (χ2n) is 4.44. The third-order valence-corrected chi connectivity index (χ3v) is 5.45. The maximum absolute atomic E-state index is 5.91. The molecule has 0 bridgehead atoms. The first kappa shape index (κ1) is 11.8. The third kappa shape index (κ3) is 2.18. The van der Waals surface area contributed by atoms with Gasteiger partial charge in [-0.2, -0.15) is 10.9 Å². The summed E-state index contributed by atoms with van der Waals surface area (Å²) in [6.45, 7) is 2.12. The molecule has 0 saturated carbocycles. The molecule has 0 radical (unpaired) electrons. The number of fused-ring (bicyclic) bond motifs is 1. The van der Waals surface area contributed by atoms with Crippen LogP contribution in [-0.2, 0) is 5.75 Å². The molecular weight excluding hydrogens is 262 g/mol. The number of halogens is 1. The SMILES string of the molecule is Cc1cccc2c1N=C[SH]2Cc1ccc(Cl)cc1. The van der Waals surface area contributed by atoms with E-state index in [4.69, 9.17) is 11.6 Å². The zero-order valence-corrected chi connectivity index (χ0v) is 11.7. The molecule has 0 saturated heterocycles. The molecule has 0 amide bonds. The number of hydrogen-bond donors (Lipinski definition) is 1. The van der Waals surface area contributed by atoms with Crippen molar-refractivity contribution < 1.29 is 0 Å². The van der Waals surface area contributed by atoms with Crippen molar-refractivity contribution in [2.24, 2.45) is 4.99 Å². The van der Waals surface area contributed by atoms with Crippen LogP contribution >= 0.6 is 22.5 Å². The van der Waals surface area contributed by atoms with Gasteiger partial charge in [0.15, 0.2) is 0 Å². The molecular formula is C15H14ClNS. The molecule has 1 heterocycles. The molecule has 1 nitrogen and oxygen atoms in total.